The number of hydrogen-bond donors (Lipinski definition) is 1. The standard InChI is InChI=1S/C13H10FN3O/c1-8-6-12(14)15-7-11(8)17-10-5-3-2-4-9(10)16-13(17)18/h2-7H,1H3,(H,16,18). The summed E-state index contributed by atoms with van der Waals surface area (Å²) in [6.45, 7) is 1.74. The number of nitrogens with one attached hydrogen (secondary N) is 1. The Morgan fingerprint density at radius 3 is 2.89 bits per heavy atom. The molecule has 1 N–H and O–H groups in total. The van der Waals surface area contributed by atoms with Crippen LogP contribution in [0.25, 0.3) is 16.7 Å². The highest BCUT2D eigenvalue weighted by atomic mass is 19.1. The van der Waals surface area contributed by atoms with Crippen molar-refractivity contribution in [1.82, 2.24) is 14.5 Å². The minimum absolute atomic E-state index is 0.257. The molecule has 0 bridgehead atoms. The molecule has 0 radical (unpaired) electrons. The third-order valence-corrected chi connectivity index (χ3v) is 2.88. The van der Waals surface area contributed by atoms with E-state index in [-0.39, 0.29) is 5.69 Å². The monoisotopic (exact) mass is 243 g/mol. The molecule has 0 aliphatic carbocycles. The number of hydrogen-bond acceptors (Lipinski definition) is 2. The molecule has 3 aromatic rings. The minimum atomic E-state index is -0.552. The van der Waals surface area contributed by atoms with E-state index in [2.05, 4.69) is 9.97 Å². The Bertz CT molecular complexity index is 788. The van der Waals surface area contributed by atoms with E-state index in [4.69, 9.17) is 0 Å². The number of imidazole rings is 1. The number of fused-ring (bicyclic) bond motifs is 1. The van der Waals surface area contributed by atoms with Gasteiger partial charge in [0.15, 0.2) is 0 Å². The third kappa shape index (κ3) is 1.52. The summed E-state index contributed by atoms with van der Waals surface area (Å²) in [6, 6.07) is 8.65. The van der Waals surface area contributed by atoms with E-state index in [0.717, 1.165) is 11.0 Å². The Balaban J connectivity index is 2.38. The number of rotatable bonds is 1. The molecule has 0 aliphatic rings. The summed E-state index contributed by atoms with van der Waals surface area (Å²) >= 11 is 0. The fourth-order valence-corrected chi connectivity index (χ4v) is 2.04. The van der Waals surface area contributed by atoms with Crippen LogP contribution in [-0.2, 0) is 0 Å². The molecular formula is C13H10FN3O. The molecule has 0 unspecified atom stereocenters. The lowest BCUT2D eigenvalue weighted by molar-refractivity contribution is 0.581. The largest absolute Gasteiger partial charge is 0.331 e. The molecule has 4 nitrogen and oxygen atoms in total. The lowest BCUT2D eigenvalue weighted by Gasteiger charge is -2.06. The summed E-state index contributed by atoms with van der Waals surface area (Å²) in [4.78, 5) is 18.3. The smallest absolute Gasteiger partial charge is 0.305 e. The maximum atomic E-state index is 13.0. The molecule has 0 amide bonds. The number of aromatic nitrogens is 3. The Morgan fingerprint density at radius 1 is 1.33 bits per heavy atom. The summed E-state index contributed by atoms with van der Waals surface area (Å²) in [6.07, 6.45) is 1.37. The van der Waals surface area contributed by atoms with Crippen molar-refractivity contribution in [2.75, 3.05) is 0 Å². The molecule has 0 atom stereocenters. The van der Waals surface area contributed by atoms with Crippen molar-refractivity contribution >= 4 is 11.0 Å². The normalized spacial score (nSPS) is 11.0. The molecular weight excluding hydrogens is 233 g/mol. The van der Waals surface area contributed by atoms with Gasteiger partial charge >= 0.3 is 5.69 Å². The SMILES string of the molecule is Cc1cc(F)ncc1-n1c(=O)[nH]c2ccccc21. The van der Waals surface area contributed by atoms with Gasteiger partial charge in [-0.15, -0.1) is 0 Å². The number of aromatic amines is 1. The summed E-state index contributed by atoms with van der Waals surface area (Å²) in [7, 11) is 0. The van der Waals surface area contributed by atoms with Gasteiger partial charge in [-0.05, 0) is 30.7 Å². The molecule has 90 valence electrons. The van der Waals surface area contributed by atoms with Crippen LogP contribution in [-0.4, -0.2) is 14.5 Å². The fourth-order valence-electron chi connectivity index (χ4n) is 2.04. The number of halogens is 1. The van der Waals surface area contributed by atoms with Crippen molar-refractivity contribution in [3.8, 4) is 5.69 Å². The average molecular weight is 243 g/mol. The van der Waals surface area contributed by atoms with Gasteiger partial charge in [0.05, 0.1) is 22.9 Å². The van der Waals surface area contributed by atoms with E-state index in [1.807, 2.05) is 24.3 Å². The number of nitrogens with zero attached hydrogens (tertiary/aromatic N) is 2. The Morgan fingerprint density at radius 2 is 2.11 bits per heavy atom. The maximum Gasteiger partial charge on any atom is 0.331 e. The van der Waals surface area contributed by atoms with Crippen LogP contribution in [0.4, 0.5) is 4.39 Å². The lowest BCUT2D eigenvalue weighted by Crippen LogP contribution is -2.16. The summed E-state index contributed by atoms with van der Waals surface area (Å²) in [5.41, 5.74) is 2.48. The molecule has 3 rings (SSSR count). The number of aryl methyl sites for hydroxylation is 1. The second-order valence-electron chi connectivity index (χ2n) is 4.08. The van der Waals surface area contributed by atoms with E-state index >= 15 is 0 Å². The van der Waals surface area contributed by atoms with Gasteiger partial charge in [0, 0.05) is 0 Å². The highest BCUT2D eigenvalue weighted by molar-refractivity contribution is 5.77. The minimum Gasteiger partial charge on any atom is -0.305 e. The topological polar surface area (TPSA) is 50.7 Å². The van der Waals surface area contributed by atoms with Crippen molar-refractivity contribution in [2.24, 2.45) is 0 Å². The van der Waals surface area contributed by atoms with Crippen molar-refractivity contribution in [1.29, 1.82) is 0 Å². The van der Waals surface area contributed by atoms with Gasteiger partial charge in [-0.2, -0.15) is 4.39 Å². The van der Waals surface area contributed by atoms with E-state index in [1.54, 1.807) is 6.92 Å². The zero-order valence-corrected chi connectivity index (χ0v) is 9.64. The van der Waals surface area contributed by atoms with E-state index in [1.165, 1.54) is 16.8 Å². The number of para-hydroxylation sites is 2. The summed E-state index contributed by atoms with van der Waals surface area (Å²) in [5, 5.41) is 0. The average Bonchev–Trinajstić information content (AvgIpc) is 2.66. The van der Waals surface area contributed by atoms with Crippen LogP contribution in [0, 0.1) is 12.9 Å². The molecule has 5 heteroatoms. The second kappa shape index (κ2) is 3.80. The highest BCUT2D eigenvalue weighted by Crippen LogP contribution is 2.17. The molecule has 1 aromatic carbocycles. The quantitative estimate of drug-likeness (QED) is 0.666. The lowest BCUT2D eigenvalue weighted by atomic mass is 10.2. The molecule has 2 aromatic heterocycles. The molecule has 2 heterocycles. The van der Waals surface area contributed by atoms with Crippen LogP contribution in [0.5, 0.6) is 0 Å². The van der Waals surface area contributed by atoms with E-state index < -0.39 is 5.95 Å². The molecule has 0 saturated heterocycles. The highest BCUT2D eigenvalue weighted by Gasteiger charge is 2.11. The van der Waals surface area contributed by atoms with Gasteiger partial charge in [-0.25, -0.2) is 9.78 Å². The summed E-state index contributed by atoms with van der Waals surface area (Å²) in [5.74, 6) is -0.552. The van der Waals surface area contributed by atoms with Gasteiger partial charge in [0.1, 0.15) is 0 Å². The van der Waals surface area contributed by atoms with Crippen molar-refractivity contribution in [2.45, 2.75) is 6.92 Å². The van der Waals surface area contributed by atoms with Crippen molar-refractivity contribution in [3.63, 3.8) is 0 Å². The molecule has 0 fully saturated rings. The Hall–Kier alpha value is -2.43. The first-order chi connectivity index (χ1) is 8.66. The third-order valence-electron chi connectivity index (χ3n) is 2.88. The Kier molecular flexibility index (Phi) is 2.26. The van der Waals surface area contributed by atoms with E-state index in [0.29, 0.717) is 11.3 Å². The van der Waals surface area contributed by atoms with Gasteiger partial charge in [0.2, 0.25) is 5.95 Å². The van der Waals surface area contributed by atoms with Crippen LogP contribution in [0.3, 0.4) is 0 Å². The molecule has 0 aliphatic heterocycles. The van der Waals surface area contributed by atoms with E-state index in [9.17, 15) is 9.18 Å². The zero-order chi connectivity index (χ0) is 12.7. The predicted octanol–water partition coefficient (Wildman–Crippen LogP) is 2.16. The number of pyridine rings is 1. The number of benzene rings is 1. The Labute approximate surface area is 102 Å². The first kappa shape index (κ1) is 10.7. The van der Waals surface area contributed by atoms with Gasteiger partial charge < -0.3 is 4.98 Å². The predicted molar refractivity (Wildman–Crippen MR) is 66.4 cm³/mol. The summed E-state index contributed by atoms with van der Waals surface area (Å²) < 4.78 is 14.5. The van der Waals surface area contributed by atoms with Crippen molar-refractivity contribution in [3.05, 3.63) is 58.5 Å². The van der Waals surface area contributed by atoms with Crippen molar-refractivity contribution < 1.29 is 4.39 Å². The first-order valence-electron chi connectivity index (χ1n) is 5.49. The van der Waals surface area contributed by atoms with Crippen LogP contribution >= 0.6 is 0 Å². The molecule has 18 heavy (non-hydrogen) atoms. The zero-order valence-electron chi connectivity index (χ0n) is 9.64. The molecule has 0 saturated carbocycles. The van der Waals surface area contributed by atoms with Gasteiger partial charge in [-0.1, -0.05) is 12.1 Å². The van der Waals surface area contributed by atoms with Gasteiger partial charge in [-0.3, -0.25) is 4.57 Å². The fraction of sp³-hybridized carbons (Fsp3) is 0.0769. The van der Waals surface area contributed by atoms with Gasteiger partial charge in [0.25, 0.3) is 0 Å². The second-order valence-corrected chi connectivity index (χ2v) is 4.08. The van der Waals surface area contributed by atoms with Crippen LogP contribution in [0.1, 0.15) is 5.56 Å². The van der Waals surface area contributed by atoms with Crippen LogP contribution in [0.2, 0.25) is 0 Å². The van der Waals surface area contributed by atoms with Crippen LogP contribution < -0.4 is 5.69 Å². The molecule has 0 spiro atoms. The van der Waals surface area contributed by atoms with Crippen LogP contribution in [0.15, 0.2) is 41.3 Å². The number of H-pyrrole nitrogens is 1. The first-order valence-corrected chi connectivity index (χ1v) is 5.49. The maximum absolute atomic E-state index is 13.0.